The van der Waals surface area contributed by atoms with Crippen molar-refractivity contribution in [1.82, 2.24) is 4.90 Å². The molecule has 1 aromatic carbocycles. The third-order valence-corrected chi connectivity index (χ3v) is 5.63. The van der Waals surface area contributed by atoms with Gasteiger partial charge in [0.1, 0.15) is 5.41 Å². The molecule has 3 aliphatic rings. The molecule has 0 aromatic heterocycles. The van der Waals surface area contributed by atoms with Crippen molar-refractivity contribution < 1.29 is 0 Å². The number of rotatable bonds is 0. The Bertz CT molecular complexity index is 656. The smallest absolute Gasteiger partial charge is 0.124 e. The summed E-state index contributed by atoms with van der Waals surface area (Å²) in [6.45, 7) is 3.42. The lowest BCUT2D eigenvalue weighted by Crippen LogP contribution is -2.59. The fourth-order valence-electron chi connectivity index (χ4n) is 4.47. The molecule has 1 unspecified atom stereocenters. The molecule has 0 radical (unpaired) electrons. The second kappa shape index (κ2) is 3.71. The van der Waals surface area contributed by atoms with E-state index in [1.807, 2.05) is 12.1 Å². The number of aliphatic imine (C=N–C) groups is 1. The van der Waals surface area contributed by atoms with Gasteiger partial charge in [0.25, 0.3) is 0 Å². The van der Waals surface area contributed by atoms with Gasteiger partial charge in [-0.2, -0.15) is 5.26 Å². The largest absolute Gasteiger partial charge is 0.303 e. The summed E-state index contributed by atoms with van der Waals surface area (Å²) in [5, 5.41) is 10.0. The maximum absolute atomic E-state index is 10.0. The maximum atomic E-state index is 10.0. The molecular formula is C17H19N3. The van der Waals surface area contributed by atoms with Crippen LogP contribution in [0, 0.1) is 16.7 Å². The molecule has 20 heavy (non-hydrogen) atoms. The van der Waals surface area contributed by atoms with Gasteiger partial charge in [-0.3, -0.25) is 4.99 Å². The van der Waals surface area contributed by atoms with Gasteiger partial charge >= 0.3 is 0 Å². The molecule has 0 amide bonds. The number of hydrogen-bond acceptors (Lipinski definition) is 3. The SMILES string of the molecule is CN1CCC2(C)C[C@H]1C[C@]1(C#N)C2=Nc2ccccc21. The first-order valence-corrected chi connectivity index (χ1v) is 7.40. The Morgan fingerprint density at radius 3 is 2.95 bits per heavy atom. The standard InChI is InChI=1S/C17H19N3/c1-16-7-8-20(2)12(9-16)10-17(11-18)13-5-3-4-6-14(13)19-15(16)17/h3-6,12H,7-10H2,1-2H3/t12-,16?,17+/m0/s1. The second-order valence-electron chi connectivity index (χ2n) is 6.85. The minimum atomic E-state index is -0.483. The van der Waals surface area contributed by atoms with Crippen molar-refractivity contribution in [1.29, 1.82) is 5.26 Å². The van der Waals surface area contributed by atoms with Gasteiger partial charge < -0.3 is 4.90 Å². The molecule has 2 heterocycles. The number of piperidine rings is 1. The lowest BCUT2D eigenvalue weighted by atomic mass is 9.56. The zero-order valence-corrected chi connectivity index (χ0v) is 12.1. The minimum absolute atomic E-state index is 0.0875. The van der Waals surface area contributed by atoms with Crippen LogP contribution in [0.4, 0.5) is 5.69 Å². The highest BCUT2D eigenvalue weighted by Gasteiger charge is 2.58. The number of benzene rings is 1. The van der Waals surface area contributed by atoms with E-state index >= 15 is 0 Å². The van der Waals surface area contributed by atoms with Gasteiger partial charge in [-0.1, -0.05) is 25.1 Å². The van der Waals surface area contributed by atoms with Gasteiger partial charge in [0.05, 0.1) is 11.8 Å². The molecule has 3 atom stereocenters. The summed E-state index contributed by atoms with van der Waals surface area (Å²) >= 11 is 0. The van der Waals surface area contributed by atoms with Gasteiger partial charge in [0, 0.05) is 22.7 Å². The van der Waals surface area contributed by atoms with Gasteiger partial charge in [-0.15, -0.1) is 0 Å². The molecule has 3 nitrogen and oxygen atoms in total. The third kappa shape index (κ3) is 1.30. The van der Waals surface area contributed by atoms with Crippen LogP contribution in [-0.4, -0.2) is 30.2 Å². The van der Waals surface area contributed by atoms with E-state index in [4.69, 9.17) is 4.99 Å². The van der Waals surface area contributed by atoms with Gasteiger partial charge in [0.2, 0.25) is 0 Å². The summed E-state index contributed by atoms with van der Waals surface area (Å²) in [6, 6.07) is 11.4. The van der Waals surface area contributed by atoms with Crippen LogP contribution in [0.1, 0.15) is 31.7 Å². The van der Waals surface area contributed by atoms with Crippen molar-refractivity contribution >= 4 is 11.4 Å². The number of para-hydroxylation sites is 1. The number of nitriles is 1. The predicted molar refractivity (Wildman–Crippen MR) is 79.2 cm³/mol. The van der Waals surface area contributed by atoms with Gasteiger partial charge in [-0.25, -0.2) is 0 Å². The Labute approximate surface area is 119 Å². The van der Waals surface area contributed by atoms with Crippen molar-refractivity contribution in [2.75, 3.05) is 13.6 Å². The number of likely N-dealkylation sites (tertiary alicyclic amines) is 1. The summed E-state index contributed by atoms with van der Waals surface area (Å²) in [5.41, 5.74) is 2.88. The summed E-state index contributed by atoms with van der Waals surface area (Å²) in [6.07, 6.45) is 3.14. The molecule has 1 saturated carbocycles. The average molecular weight is 265 g/mol. The number of fused-ring (bicyclic) bond motifs is 6. The van der Waals surface area contributed by atoms with Crippen LogP contribution >= 0.6 is 0 Å². The molecule has 2 fully saturated rings. The monoisotopic (exact) mass is 265 g/mol. The van der Waals surface area contributed by atoms with Crippen molar-refractivity contribution in [3.05, 3.63) is 29.8 Å². The third-order valence-electron chi connectivity index (χ3n) is 5.63. The quantitative estimate of drug-likeness (QED) is 0.723. The normalized spacial score (nSPS) is 38.6. The van der Waals surface area contributed by atoms with Crippen molar-refractivity contribution in [2.24, 2.45) is 10.4 Å². The summed E-state index contributed by atoms with van der Waals surface area (Å²) < 4.78 is 0. The van der Waals surface area contributed by atoms with E-state index in [0.717, 1.165) is 42.8 Å². The maximum Gasteiger partial charge on any atom is 0.124 e. The van der Waals surface area contributed by atoms with Crippen LogP contribution in [0.2, 0.25) is 0 Å². The molecule has 1 aliphatic carbocycles. The highest BCUT2D eigenvalue weighted by Crippen LogP contribution is 2.56. The van der Waals surface area contributed by atoms with Crippen LogP contribution in [0.3, 0.4) is 0 Å². The van der Waals surface area contributed by atoms with Crippen molar-refractivity contribution in [3.8, 4) is 6.07 Å². The molecule has 1 saturated heterocycles. The topological polar surface area (TPSA) is 39.4 Å². The molecule has 2 aliphatic heterocycles. The minimum Gasteiger partial charge on any atom is -0.303 e. The Balaban J connectivity index is 1.95. The van der Waals surface area contributed by atoms with Gasteiger partial charge in [-0.05, 0) is 38.9 Å². The highest BCUT2D eigenvalue weighted by molar-refractivity contribution is 6.08. The molecule has 0 N–H and O–H groups in total. The summed E-state index contributed by atoms with van der Waals surface area (Å²) in [7, 11) is 2.19. The molecule has 4 rings (SSSR count). The van der Waals surface area contributed by atoms with Crippen LogP contribution in [0.5, 0.6) is 0 Å². The van der Waals surface area contributed by atoms with E-state index in [1.165, 1.54) is 0 Å². The van der Waals surface area contributed by atoms with Crippen molar-refractivity contribution in [2.45, 2.75) is 37.6 Å². The lowest BCUT2D eigenvalue weighted by molar-refractivity contribution is 0.0864. The Kier molecular flexibility index (Phi) is 2.24. The van der Waals surface area contributed by atoms with E-state index in [-0.39, 0.29) is 5.41 Å². The predicted octanol–water partition coefficient (Wildman–Crippen LogP) is 3.04. The van der Waals surface area contributed by atoms with Crippen molar-refractivity contribution in [3.63, 3.8) is 0 Å². The van der Waals surface area contributed by atoms with E-state index in [0.29, 0.717) is 6.04 Å². The molecule has 2 bridgehead atoms. The molecule has 0 spiro atoms. The summed E-state index contributed by atoms with van der Waals surface area (Å²) in [4.78, 5) is 7.34. The first-order chi connectivity index (χ1) is 9.59. The Morgan fingerprint density at radius 1 is 1.35 bits per heavy atom. The average Bonchev–Trinajstić information content (AvgIpc) is 2.80. The second-order valence-corrected chi connectivity index (χ2v) is 6.85. The van der Waals surface area contributed by atoms with Crippen LogP contribution in [0.15, 0.2) is 29.3 Å². The molecule has 3 heteroatoms. The van der Waals surface area contributed by atoms with Gasteiger partial charge in [0.15, 0.2) is 0 Å². The van der Waals surface area contributed by atoms with Crippen LogP contribution in [0.25, 0.3) is 0 Å². The zero-order chi connectivity index (χ0) is 14.0. The van der Waals surface area contributed by atoms with E-state index in [2.05, 4.69) is 37.1 Å². The molecule has 102 valence electrons. The molecular weight excluding hydrogens is 246 g/mol. The van der Waals surface area contributed by atoms with Crippen LogP contribution < -0.4 is 0 Å². The first kappa shape index (κ1) is 12.1. The summed E-state index contributed by atoms with van der Waals surface area (Å²) in [5.74, 6) is 0. The van der Waals surface area contributed by atoms with E-state index < -0.39 is 5.41 Å². The fraction of sp³-hybridized carbons (Fsp3) is 0.529. The number of hydrogen-bond donors (Lipinski definition) is 0. The number of nitrogens with zero attached hydrogens (tertiary/aromatic N) is 3. The fourth-order valence-corrected chi connectivity index (χ4v) is 4.47. The highest BCUT2D eigenvalue weighted by atomic mass is 15.1. The lowest BCUT2D eigenvalue weighted by Gasteiger charge is -2.52. The molecule has 1 aromatic rings. The first-order valence-electron chi connectivity index (χ1n) is 7.40. The zero-order valence-electron chi connectivity index (χ0n) is 12.1. The Hall–Kier alpha value is -1.66. The van der Waals surface area contributed by atoms with E-state index in [1.54, 1.807) is 0 Å². The Morgan fingerprint density at radius 2 is 2.15 bits per heavy atom. The van der Waals surface area contributed by atoms with Crippen LogP contribution in [-0.2, 0) is 5.41 Å². The van der Waals surface area contributed by atoms with E-state index in [9.17, 15) is 5.26 Å².